The molecule has 0 fully saturated rings. The zero-order valence-electron chi connectivity index (χ0n) is 10.8. The van der Waals surface area contributed by atoms with Crippen molar-refractivity contribution in [3.05, 3.63) is 33.3 Å². The summed E-state index contributed by atoms with van der Waals surface area (Å²) >= 11 is 5.78. The van der Waals surface area contributed by atoms with Crippen LogP contribution < -0.4 is 11.1 Å². The molecular formula is C12H16ClN3O3. The molecule has 7 heteroatoms. The van der Waals surface area contributed by atoms with Crippen LogP contribution in [0.1, 0.15) is 26.7 Å². The number of anilines is 1. The molecular weight excluding hydrogens is 270 g/mol. The van der Waals surface area contributed by atoms with Crippen molar-refractivity contribution in [1.29, 1.82) is 0 Å². The SMILES string of the molecule is CCC(N)(CC)C(=O)Nc1cc(Cl)ccc1[N+](=O)[O-]. The Bertz CT molecular complexity index is 501. The molecule has 0 aromatic heterocycles. The van der Waals surface area contributed by atoms with E-state index in [1.54, 1.807) is 13.8 Å². The van der Waals surface area contributed by atoms with Crippen molar-refractivity contribution in [3.8, 4) is 0 Å². The number of carbonyl (C=O) groups is 1. The Morgan fingerprint density at radius 1 is 1.47 bits per heavy atom. The molecule has 0 spiro atoms. The Hall–Kier alpha value is -1.66. The molecule has 0 aliphatic rings. The van der Waals surface area contributed by atoms with Crippen LogP contribution in [0.2, 0.25) is 5.02 Å². The van der Waals surface area contributed by atoms with Gasteiger partial charge in [-0.2, -0.15) is 0 Å². The van der Waals surface area contributed by atoms with E-state index in [2.05, 4.69) is 5.32 Å². The van der Waals surface area contributed by atoms with Gasteiger partial charge in [-0.25, -0.2) is 0 Å². The molecule has 1 amide bonds. The molecule has 0 bridgehead atoms. The zero-order valence-corrected chi connectivity index (χ0v) is 11.5. The van der Waals surface area contributed by atoms with E-state index in [4.69, 9.17) is 17.3 Å². The number of nitro groups is 1. The second-order valence-electron chi connectivity index (χ2n) is 4.24. The third-order valence-corrected chi connectivity index (χ3v) is 3.35. The van der Waals surface area contributed by atoms with Crippen LogP contribution in [0, 0.1) is 10.1 Å². The summed E-state index contributed by atoms with van der Waals surface area (Å²) in [7, 11) is 0. The molecule has 0 unspecified atom stereocenters. The number of halogens is 1. The van der Waals surface area contributed by atoms with Crippen LogP contribution in [0.25, 0.3) is 0 Å². The van der Waals surface area contributed by atoms with E-state index in [9.17, 15) is 14.9 Å². The Labute approximate surface area is 116 Å². The first-order valence-corrected chi connectivity index (χ1v) is 6.26. The van der Waals surface area contributed by atoms with Crippen molar-refractivity contribution < 1.29 is 9.72 Å². The van der Waals surface area contributed by atoms with Gasteiger partial charge in [-0.05, 0) is 25.0 Å². The molecule has 3 N–H and O–H groups in total. The van der Waals surface area contributed by atoms with E-state index in [-0.39, 0.29) is 11.4 Å². The minimum Gasteiger partial charge on any atom is -0.319 e. The van der Waals surface area contributed by atoms with Gasteiger partial charge in [0.25, 0.3) is 5.69 Å². The zero-order chi connectivity index (χ0) is 14.6. The van der Waals surface area contributed by atoms with Gasteiger partial charge in [0.1, 0.15) is 5.69 Å². The highest BCUT2D eigenvalue weighted by Gasteiger charge is 2.31. The first-order chi connectivity index (χ1) is 8.84. The maximum Gasteiger partial charge on any atom is 0.292 e. The molecule has 1 aromatic carbocycles. The van der Waals surface area contributed by atoms with Crippen LogP contribution in [0.15, 0.2) is 18.2 Å². The van der Waals surface area contributed by atoms with Gasteiger partial charge in [0, 0.05) is 11.1 Å². The van der Waals surface area contributed by atoms with Gasteiger partial charge in [-0.3, -0.25) is 14.9 Å². The maximum atomic E-state index is 12.1. The van der Waals surface area contributed by atoms with Crippen LogP contribution in [0.5, 0.6) is 0 Å². The van der Waals surface area contributed by atoms with E-state index < -0.39 is 16.4 Å². The molecule has 0 atom stereocenters. The predicted molar refractivity (Wildman–Crippen MR) is 74.2 cm³/mol. The summed E-state index contributed by atoms with van der Waals surface area (Å²) in [5.41, 5.74) is 4.73. The molecule has 0 heterocycles. The number of rotatable bonds is 5. The number of nitrogens with two attached hydrogens (primary N) is 1. The Kier molecular flexibility index (Phi) is 4.85. The Balaban J connectivity index is 3.08. The largest absolute Gasteiger partial charge is 0.319 e. The number of nitrogens with zero attached hydrogens (tertiary/aromatic N) is 1. The molecule has 0 radical (unpaired) electrons. The van der Waals surface area contributed by atoms with Crippen LogP contribution in [0.3, 0.4) is 0 Å². The summed E-state index contributed by atoms with van der Waals surface area (Å²) in [6.45, 7) is 3.57. The van der Waals surface area contributed by atoms with Gasteiger partial charge in [-0.1, -0.05) is 25.4 Å². The van der Waals surface area contributed by atoms with Crippen molar-refractivity contribution in [2.24, 2.45) is 5.73 Å². The third-order valence-electron chi connectivity index (χ3n) is 3.12. The summed E-state index contributed by atoms with van der Waals surface area (Å²) < 4.78 is 0. The number of nitrogens with one attached hydrogen (secondary N) is 1. The fourth-order valence-electron chi connectivity index (χ4n) is 1.59. The number of hydrogen-bond acceptors (Lipinski definition) is 4. The lowest BCUT2D eigenvalue weighted by Gasteiger charge is -2.25. The summed E-state index contributed by atoms with van der Waals surface area (Å²) in [4.78, 5) is 22.4. The minimum absolute atomic E-state index is 0.0548. The van der Waals surface area contributed by atoms with Gasteiger partial charge in [-0.15, -0.1) is 0 Å². The van der Waals surface area contributed by atoms with Gasteiger partial charge < -0.3 is 11.1 Å². The van der Waals surface area contributed by atoms with Crippen molar-refractivity contribution in [2.75, 3.05) is 5.32 Å². The van der Waals surface area contributed by atoms with Gasteiger partial charge >= 0.3 is 0 Å². The van der Waals surface area contributed by atoms with E-state index >= 15 is 0 Å². The summed E-state index contributed by atoms with van der Waals surface area (Å²) in [6.07, 6.45) is 0.868. The molecule has 19 heavy (non-hydrogen) atoms. The fraction of sp³-hybridized carbons (Fsp3) is 0.417. The highest BCUT2D eigenvalue weighted by atomic mass is 35.5. The Morgan fingerprint density at radius 3 is 2.53 bits per heavy atom. The standard InChI is InChI=1S/C12H16ClN3O3/c1-3-12(14,4-2)11(17)15-9-7-8(13)5-6-10(9)16(18)19/h5-7H,3-4,14H2,1-2H3,(H,15,17). The average molecular weight is 286 g/mol. The van der Waals surface area contributed by atoms with Crippen LogP contribution >= 0.6 is 11.6 Å². The molecule has 0 aliphatic heterocycles. The monoisotopic (exact) mass is 285 g/mol. The van der Waals surface area contributed by atoms with E-state index in [0.29, 0.717) is 17.9 Å². The second kappa shape index (κ2) is 5.99. The number of amides is 1. The molecule has 104 valence electrons. The number of carbonyl (C=O) groups excluding carboxylic acids is 1. The lowest BCUT2D eigenvalue weighted by atomic mass is 9.93. The number of nitro benzene ring substituents is 1. The van der Waals surface area contributed by atoms with Crippen molar-refractivity contribution >= 4 is 28.9 Å². The molecule has 1 aromatic rings. The third kappa shape index (κ3) is 3.42. The molecule has 0 saturated carbocycles. The fourth-order valence-corrected chi connectivity index (χ4v) is 1.76. The van der Waals surface area contributed by atoms with Gasteiger partial charge in [0.15, 0.2) is 0 Å². The molecule has 6 nitrogen and oxygen atoms in total. The summed E-state index contributed by atoms with van der Waals surface area (Å²) in [5, 5.41) is 13.7. The minimum atomic E-state index is -1.05. The van der Waals surface area contributed by atoms with Crippen LogP contribution in [0.4, 0.5) is 11.4 Å². The molecule has 1 rings (SSSR count). The van der Waals surface area contributed by atoms with E-state index in [1.807, 2.05) is 0 Å². The normalized spacial score (nSPS) is 11.2. The van der Waals surface area contributed by atoms with Gasteiger partial charge in [0.2, 0.25) is 5.91 Å². The van der Waals surface area contributed by atoms with Crippen LogP contribution in [-0.4, -0.2) is 16.4 Å². The quantitative estimate of drug-likeness (QED) is 0.642. The Morgan fingerprint density at radius 2 is 2.05 bits per heavy atom. The highest BCUT2D eigenvalue weighted by molar-refractivity contribution is 6.31. The first kappa shape index (κ1) is 15.4. The topological polar surface area (TPSA) is 98.3 Å². The lowest BCUT2D eigenvalue weighted by molar-refractivity contribution is -0.383. The summed E-state index contributed by atoms with van der Waals surface area (Å²) in [6, 6.07) is 3.97. The average Bonchev–Trinajstić information content (AvgIpc) is 2.37. The number of hydrogen-bond donors (Lipinski definition) is 2. The second-order valence-corrected chi connectivity index (χ2v) is 4.67. The highest BCUT2D eigenvalue weighted by Crippen LogP contribution is 2.28. The van der Waals surface area contributed by atoms with Crippen molar-refractivity contribution in [2.45, 2.75) is 32.2 Å². The lowest BCUT2D eigenvalue weighted by Crippen LogP contribution is -2.50. The smallest absolute Gasteiger partial charge is 0.292 e. The van der Waals surface area contributed by atoms with Gasteiger partial charge in [0.05, 0.1) is 10.5 Å². The first-order valence-electron chi connectivity index (χ1n) is 5.88. The number of benzene rings is 1. The predicted octanol–water partition coefficient (Wildman–Crippen LogP) is 2.70. The maximum absolute atomic E-state index is 12.1. The molecule has 0 aliphatic carbocycles. The summed E-state index contributed by atoms with van der Waals surface area (Å²) in [5.74, 6) is -0.456. The van der Waals surface area contributed by atoms with Crippen molar-refractivity contribution in [1.82, 2.24) is 0 Å². The van der Waals surface area contributed by atoms with E-state index in [0.717, 1.165) is 0 Å². The van der Waals surface area contributed by atoms with Crippen molar-refractivity contribution in [3.63, 3.8) is 0 Å². The van der Waals surface area contributed by atoms with E-state index in [1.165, 1.54) is 18.2 Å². The molecule has 0 saturated heterocycles. The van der Waals surface area contributed by atoms with Crippen LogP contribution in [-0.2, 0) is 4.79 Å².